The number of nitrogens with two attached hydrogens (primary N) is 1. The van der Waals surface area contributed by atoms with Gasteiger partial charge in [0.25, 0.3) is 0 Å². The number of carbonyl (C=O) groups excluding carboxylic acids is 3. The van der Waals surface area contributed by atoms with Crippen molar-refractivity contribution in [1.29, 1.82) is 0 Å². The lowest BCUT2D eigenvalue weighted by atomic mass is 10.2. The van der Waals surface area contributed by atoms with Crippen LogP contribution in [0.1, 0.15) is 32.0 Å². The molecule has 2 N–H and O–H groups in total. The van der Waals surface area contributed by atoms with Crippen molar-refractivity contribution in [3.05, 3.63) is 54.1 Å². The highest BCUT2D eigenvalue weighted by molar-refractivity contribution is 5.85. The highest BCUT2D eigenvalue weighted by atomic mass is 16.7. The van der Waals surface area contributed by atoms with Gasteiger partial charge in [-0.2, -0.15) is 0 Å². The van der Waals surface area contributed by atoms with Gasteiger partial charge in [0.05, 0.1) is 5.69 Å². The van der Waals surface area contributed by atoms with E-state index >= 15 is 0 Å². The minimum absolute atomic E-state index is 0.0272. The number of esters is 1. The van der Waals surface area contributed by atoms with Crippen molar-refractivity contribution >= 4 is 18.2 Å². The average molecular weight is 389 g/mol. The Morgan fingerprint density at radius 1 is 1.18 bits per heavy atom. The zero-order valence-electron chi connectivity index (χ0n) is 16.0. The minimum Gasteiger partial charge on any atom is -0.444 e. The molecule has 2 aromatic rings. The molecule has 2 rings (SSSR count). The molecule has 0 spiro atoms. The second kappa shape index (κ2) is 9.14. The van der Waals surface area contributed by atoms with Crippen molar-refractivity contribution in [2.24, 2.45) is 5.73 Å². The third-order valence-electron chi connectivity index (χ3n) is 3.36. The molecule has 0 aliphatic rings. The third-order valence-corrected chi connectivity index (χ3v) is 3.36. The average Bonchev–Trinajstić information content (AvgIpc) is 3.07. The van der Waals surface area contributed by atoms with Crippen LogP contribution in [0.5, 0.6) is 0 Å². The molecule has 0 bridgehead atoms. The van der Waals surface area contributed by atoms with Gasteiger partial charge in [-0.05, 0) is 26.3 Å². The van der Waals surface area contributed by atoms with Crippen LogP contribution in [0.15, 0.2) is 42.9 Å². The van der Waals surface area contributed by atoms with Gasteiger partial charge in [0.1, 0.15) is 24.6 Å². The Kier molecular flexibility index (Phi) is 6.89. The number of ether oxygens (including phenoxy) is 3. The number of rotatable bonds is 5. The topological polar surface area (TPSA) is 123 Å². The van der Waals surface area contributed by atoms with Gasteiger partial charge >= 0.3 is 18.2 Å². The van der Waals surface area contributed by atoms with Gasteiger partial charge in [-0.25, -0.2) is 23.9 Å². The van der Waals surface area contributed by atoms with Crippen LogP contribution in [0.25, 0.3) is 0 Å². The zero-order chi connectivity index (χ0) is 20.7. The van der Waals surface area contributed by atoms with Crippen molar-refractivity contribution in [1.82, 2.24) is 9.55 Å². The maximum Gasteiger partial charge on any atom is 0.516 e. The lowest BCUT2D eigenvalue weighted by molar-refractivity contribution is -0.142. The molecule has 0 unspecified atom stereocenters. The normalized spacial score (nSPS) is 12.1. The minimum atomic E-state index is -1.14. The van der Waals surface area contributed by atoms with E-state index in [1.165, 1.54) is 12.5 Å². The molecule has 0 radical (unpaired) electrons. The predicted molar refractivity (Wildman–Crippen MR) is 98.3 cm³/mol. The summed E-state index contributed by atoms with van der Waals surface area (Å²) in [5.41, 5.74) is 6.16. The van der Waals surface area contributed by atoms with E-state index in [0.717, 1.165) is 10.1 Å². The SMILES string of the molecule is CC(C)(C)OC(=O)OC(=O)[C@@H](N)Cc1cn(C(=O)OCc2ccccc2)cn1. The van der Waals surface area contributed by atoms with Gasteiger partial charge in [-0.1, -0.05) is 30.3 Å². The first-order chi connectivity index (χ1) is 13.1. The second-order valence-electron chi connectivity index (χ2n) is 7.01. The number of hydrogen-bond acceptors (Lipinski definition) is 8. The Hall–Kier alpha value is -3.20. The zero-order valence-corrected chi connectivity index (χ0v) is 16.0. The van der Waals surface area contributed by atoms with Crippen molar-refractivity contribution in [3.8, 4) is 0 Å². The van der Waals surface area contributed by atoms with Crippen LogP contribution in [0, 0.1) is 0 Å². The molecule has 0 amide bonds. The number of carbonyl (C=O) groups is 3. The van der Waals surface area contributed by atoms with Crippen LogP contribution in [-0.4, -0.2) is 39.4 Å². The Labute approximate surface area is 162 Å². The molecule has 0 fully saturated rings. The summed E-state index contributed by atoms with van der Waals surface area (Å²) in [6.07, 6.45) is 0.888. The highest BCUT2D eigenvalue weighted by Crippen LogP contribution is 2.09. The van der Waals surface area contributed by atoms with Gasteiger partial charge in [-0.3, -0.25) is 0 Å². The van der Waals surface area contributed by atoms with Crippen molar-refractivity contribution < 1.29 is 28.6 Å². The summed E-state index contributed by atoms with van der Waals surface area (Å²) in [5, 5.41) is 0. The van der Waals surface area contributed by atoms with Crippen LogP contribution in [0.2, 0.25) is 0 Å². The molecule has 150 valence electrons. The second-order valence-corrected chi connectivity index (χ2v) is 7.01. The van der Waals surface area contributed by atoms with E-state index in [0.29, 0.717) is 5.69 Å². The number of nitrogens with zero attached hydrogens (tertiary/aromatic N) is 2. The van der Waals surface area contributed by atoms with Crippen LogP contribution in [0.3, 0.4) is 0 Å². The molecule has 0 aliphatic heterocycles. The maximum absolute atomic E-state index is 12.0. The lowest BCUT2D eigenvalue weighted by Crippen LogP contribution is -2.37. The smallest absolute Gasteiger partial charge is 0.444 e. The van der Waals surface area contributed by atoms with Crippen molar-refractivity contribution in [2.45, 2.75) is 45.4 Å². The Morgan fingerprint density at radius 2 is 1.86 bits per heavy atom. The monoisotopic (exact) mass is 389 g/mol. The van der Waals surface area contributed by atoms with Crippen LogP contribution < -0.4 is 5.73 Å². The number of imidazole rings is 1. The Balaban J connectivity index is 1.84. The van der Waals surface area contributed by atoms with Gasteiger partial charge in [0.2, 0.25) is 0 Å². The summed E-state index contributed by atoms with van der Waals surface area (Å²) >= 11 is 0. The quantitative estimate of drug-likeness (QED) is 0.611. The van der Waals surface area contributed by atoms with E-state index in [-0.39, 0.29) is 13.0 Å². The molecule has 0 saturated heterocycles. The van der Waals surface area contributed by atoms with E-state index in [1.54, 1.807) is 20.8 Å². The fourth-order valence-corrected chi connectivity index (χ4v) is 2.10. The Morgan fingerprint density at radius 3 is 2.50 bits per heavy atom. The van der Waals surface area contributed by atoms with Crippen LogP contribution in [-0.2, 0) is 32.0 Å². The van der Waals surface area contributed by atoms with E-state index in [9.17, 15) is 14.4 Å². The summed E-state index contributed by atoms with van der Waals surface area (Å²) in [4.78, 5) is 39.4. The van der Waals surface area contributed by atoms with Gasteiger partial charge in [0.15, 0.2) is 0 Å². The van der Waals surface area contributed by atoms with Gasteiger partial charge < -0.3 is 19.9 Å². The van der Waals surface area contributed by atoms with E-state index in [2.05, 4.69) is 9.72 Å². The largest absolute Gasteiger partial charge is 0.516 e. The molecular weight excluding hydrogens is 366 g/mol. The fourth-order valence-electron chi connectivity index (χ4n) is 2.10. The predicted octanol–water partition coefficient (Wildman–Crippen LogP) is 2.42. The number of hydrogen-bond donors (Lipinski definition) is 1. The lowest BCUT2D eigenvalue weighted by Gasteiger charge is -2.18. The Bertz CT molecular complexity index is 826. The van der Waals surface area contributed by atoms with Crippen molar-refractivity contribution in [2.75, 3.05) is 0 Å². The summed E-state index contributed by atoms with van der Waals surface area (Å²) in [5.74, 6) is -0.949. The number of benzene rings is 1. The first-order valence-corrected chi connectivity index (χ1v) is 8.58. The third kappa shape index (κ3) is 6.84. The summed E-state index contributed by atoms with van der Waals surface area (Å²) in [6, 6.07) is 8.08. The standard InChI is InChI=1S/C19H23N3O6/c1-19(2,3)28-18(25)27-16(23)15(20)9-14-10-22(12-21-14)17(24)26-11-13-7-5-4-6-8-13/h4-8,10,12,15H,9,11,20H2,1-3H3/t15-/m0/s1. The summed E-state index contributed by atoms with van der Waals surface area (Å²) in [6.45, 7) is 5.04. The molecule has 1 aromatic carbocycles. The number of aromatic nitrogens is 2. The first kappa shape index (κ1) is 21.1. The first-order valence-electron chi connectivity index (χ1n) is 8.58. The van der Waals surface area contributed by atoms with E-state index in [4.69, 9.17) is 15.2 Å². The van der Waals surface area contributed by atoms with Crippen LogP contribution in [0.4, 0.5) is 9.59 Å². The molecule has 9 nitrogen and oxygen atoms in total. The van der Waals surface area contributed by atoms with Crippen molar-refractivity contribution in [3.63, 3.8) is 0 Å². The molecule has 1 aromatic heterocycles. The molecule has 0 aliphatic carbocycles. The summed E-state index contributed by atoms with van der Waals surface area (Å²) < 4.78 is 15.8. The van der Waals surface area contributed by atoms with Crippen LogP contribution >= 0.6 is 0 Å². The molecule has 9 heteroatoms. The van der Waals surface area contributed by atoms with E-state index < -0.39 is 29.9 Å². The molecule has 28 heavy (non-hydrogen) atoms. The fraction of sp³-hybridized carbons (Fsp3) is 0.368. The molecule has 1 heterocycles. The molecular formula is C19H23N3O6. The van der Waals surface area contributed by atoms with Gasteiger partial charge in [0, 0.05) is 12.6 Å². The maximum atomic E-state index is 12.0. The van der Waals surface area contributed by atoms with Gasteiger partial charge in [-0.15, -0.1) is 0 Å². The molecule has 1 atom stereocenters. The summed E-state index contributed by atoms with van der Waals surface area (Å²) in [7, 11) is 0. The highest BCUT2D eigenvalue weighted by Gasteiger charge is 2.24. The molecule has 0 saturated carbocycles. The van der Waals surface area contributed by atoms with E-state index in [1.807, 2.05) is 30.3 Å².